The molecule has 5 heterocycles. The monoisotopic (exact) mass is 1250 g/mol. The topological polar surface area (TPSA) is 450 Å². The molecule has 0 aromatic carbocycles. The summed E-state index contributed by atoms with van der Waals surface area (Å²) in [7, 11) is 0. The highest BCUT2D eigenvalue weighted by Crippen LogP contribution is 2.76. The summed E-state index contributed by atoms with van der Waals surface area (Å²) in [6.07, 6.45) is -39.0. The molecule has 496 valence electrons. The summed E-state index contributed by atoms with van der Waals surface area (Å²) < 4.78 is 59.9. The van der Waals surface area contributed by atoms with Gasteiger partial charge in [0.2, 0.25) is 6.29 Å². The van der Waals surface area contributed by atoms with E-state index in [1.54, 1.807) is 6.92 Å². The van der Waals surface area contributed by atoms with Crippen LogP contribution in [0.4, 0.5) is 0 Å². The number of ether oxygens (including phenoxy) is 10. The second-order valence-electron chi connectivity index (χ2n) is 28.4. The molecule has 0 bridgehead atoms. The number of aliphatic hydroxyl groups is 14. The minimum atomic E-state index is -2.27. The quantitative estimate of drug-likeness (QED) is 0.0357. The molecule has 28 nitrogen and oxygen atoms in total. The first-order valence-corrected chi connectivity index (χ1v) is 30.6. The maximum absolute atomic E-state index is 15.4. The van der Waals surface area contributed by atoms with Gasteiger partial charge in [0.1, 0.15) is 109 Å². The molecule has 28 heteroatoms. The molecule has 14 N–H and O–H groups in total. The third-order valence-corrected chi connectivity index (χ3v) is 23.0. The van der Waals surface area contributed by atoms with Gasteiger partial charge in [0.05, 0.1) is 49.0 Å². The van der Waals surface area contributed by atoms with Crippen molar-refractivity contribution in [3.05, 3.63) is 11.6 Å². The minimum absolute atomic E-state index is 0.102. The number of carbonyl (C=O) groups is 3. The highest BCUT2D eigenvalue weighted by atomic mass is 16.8. The summed E-state index contributed by atoms with van der Waals surface area (Å²) in [5.74, 6) is -4.03. The van der Waals surface area contributed by atoms with E-state index in [1.165, 1.54) is 13.8 Å². The van der Waals surface area contributed by atoms with E-state index in [0.29, 0.717) is 38.5 Å². The Bertz CT molecular complexity index is 2520. The molecule has 5 aliphatic carbocycles. The first-order valence-electron chi connectivity index (χ1n) is 30.6. The van der Waals surface area contributed by atoms with E-state index >= 15 is 4.79 Å². The number of allylic oxidation sites excluding steroid dienone is 2. The molecule has 87 heavy (non-hydrogen) atoms. The van der Waals surface area contributed by atoms with Crippen LogP contribution in [0.25, 0.3) is 0 Å². The summed E-state index contributed by atoms with van der Waals surface area (Å²) in [6, 6.07) is 0. The van der Waals surface area contributed by atoms with E-state index < -0.39 is 224 Å². The van der Waals surface area contributed by atoms with Gasteiger partial charge in [-0.05, 0) is 111 Å². The van der Waals surface area contributed by atoms with Crippen LogP contribution >= 0.6 is 0 Å². The van der Waals surface area contributed by atoms with Crippen molar-refractivity contribution < 1.29 is 138 Å². The predicted octanol–water partition coefficient (Wildman–Crippen LogP) is -4.61. The lowest BCUT2D eigenvalue weighted by Crippen LogP contribution is -2.70. The lowest BCUT2D eigenvalue weighted by Gasteiger charge is -2.71. The number of rotatable bonds is 13. The van der Waals surface area contributed by atoms with Crippen molar-refractivity contribution in [2.75, 3.05) is 13.2 Å². The molecule has 4 saturated carbocycles. The number of fused-ring (bicyclic) bond motifs is 7. The van der Waals surface area contributed by atoms with Crippen LogP contribution in [0.2, 0.25) is 0 Å². The lowest BCUT2D eigenvalue weighted by atomic mass is 9.33. The van der Waals surface area contributed by atoms with Crippen molar-refractivity contribution in [3.8, 4) is 0 Å². The number of esters is 1. The fraction of sp³-hybridized carbons (Fsp3) is 0.915. The van der Waals surface area contributed by atoms with Crippen molar-refractivity contribution in [2.45, 2.75) is 273 Å². The zero-order valence-electron chi connectivity index (χ0n) is 50.2. The number of carbonyl (C=O) groups excluding carboxylic acids is 3. The Hall–Kier alpha value is -2.57. The predicted molar refractivity (Wildman–Crippen MR) is 286 cm³/mol. The van der Waals surface area contributed by atoms with Crippen LogP contribution < -0.4 is 5.11 Å². The van der Waals surface area contributed by atoms with E-state index in [1.807, 2.05) is 0 Å². The van der Waals surface area contributed by atoms with Crippen LogP contribution in [0.15, 0.2) is 11.6 Å². The molecule has 5 aliphatic heterocycles. The number of aliphatic carboxylic acids is 1. The van der Waals surface area contributed by atoms with Crippen LogP contribution in [-0.2, 0) is 61.8 Å². The lowest BCUT2D eigenvalue weighted by molar-refractivity contribution is -0.401. The number of hydrogen-bond donors (Lipinski definition) is 14. The smallest absolute Gasteiger partial charge is 0.317 e. The van der Waals surface area contributed by atoms with Gasteiger partial charge in [0.25, 0.3) is 0 Å². The maximum Gasteiger partial charge on any atom is 0.317 e. The third kappa shape index (κ3) is 11.0. The van der Waals surface area contributed by atoms with Gasteiger partial charge in [-0.3, -0.25) is 4.79 Å². The second kappa shape index (κ2) is 24.4. The molecule has 0 radical (unpaired) electrons. The molecule has 0 amide bonds. The van der Waals surface area contributed by atoms with Gasteiger partial charge in [0.15, 0.2) is 31.3 Å². The molecule has 9 fully saturated rings. The Morgan fingerprint density at radius 2 is 1.21 bits per heavy atom. The molecule has 10 rings (SSSR count). The largest absolute Gasteiger partial charge is 0.547 e. The highest BCUT2D eigenvalue weighted by molar-refractivity contribution is 5.80. The summed E-state index contributed by atoms with van der Waals surface area (Å²) in [5, 5.41) is 166. The Labute approximate surface area is 503 Å². The first-order chi connectivity index (χ1) is 40.7. The Morgan fingerprint density at radius 1 is 0.609 bits per heavy atom. The van der Waals surface area contributed by atoms with Gasteiger partial charge in [-0.15, -0.1) is 0 Å². The van der Waals surface area contributed by atoms with Crippen molar-refractivity contribution in [2.24, 2.45) is 50.2 Å². The molecule has 0 aromatic rings. The van der Waals surface area contributed by atoms with Crippen molar-refractivity contribution in [1.82, 2.24) is 0 Å². The van der Waals surface area contributed by atoms with Gasteiger partial charge in [0, 0.05) is 0 Å². The van der Waals surface area contributed by atoms with Gasteiger partial charge in [-0.25, -0.2) is 0 Å². The summed E-state index contributed by atoms with van der Waals surface area (Å²) >= 11 is 0. The number of carboxylic acid groups (broad SMARTS) is 1. The number of aliphatic hydroxyl groups excluding tert-OH is 14. The summed E-state index contributed by atoms with van der Waals surface area (Å²) in [4.78, 5) is 42.3. The molecule has 34 atom stereocenters. The third-order valence-electron chi connectivity index (χ3n) is 23.0. The fourth-order valence-electron chi connectivity index (χ4n) is 17.5. The maximum atomic E-state index is 15.4. The second-order valence-corrected chi connectivity index (χ2v) is 28.4. The van der Waals surface area contributed by atoms with E-state index in [9.17, 15) is 86.2 Å². The van der Waals surface area contributed by atoms with Crippen LogP contribution in [-0.4, -0.2) is 263 Å². The van der Waals surface area contributed by atoms with E-state index in [0.717, 1.165) is 11.9 Å². The van der Waals surface area contributed by atoms with Crippen molar-refractivity contribution in [1.29, 1.82) is 0 Å². The molecule has 5 saturated heterocycles. The number of hydrogen-bond acceptors (Lipinski definition) is 28. The standard InChI is InChI=1S/C59H92O28/c1-22-32(64)36(68)40(72)49(79-22)85-45-38(70)33(65)23(2)80-51(45)87-53(77)59-16-15-54(3,4)17-25(59)24-9-10-29-55(5)13-12-31(56(6,21-61)28(55)11-14-57(29,7)58(24,8)18-30(59)63)82-52-46(86-50-41(73)37(69)35(67)27(19-60)81-50)43(42(74)44(84-52)47(75)76)83-48-39(71)34(66)26(62)20-78-48/h9,21-23,25-46,48-52,60,62-74H,10-20H2,1-8H3,(H,75,76)/p-1/t22-,23+,25-,26+,27+,28+,29+,30+,31-,32-,33-,34-,35-,36+,37-,38-,39+,40+,41+,42-,43-,44-,45+,46+,48-,49-,50-,51-,52+,55-,56-,57+,58+,59+/m0/s1. The van der Waals surface area contributed by atoms with Gasteiger partial charge in [-0.2, -0.15) is 0 Å². The number of aldehydes is 1. The first kappa shape index (κ1) is 67.3. The Morgan fingerprint density at radius 3 is 1.85 bits per heavy atom. The molecule has 0 unspecified atom stereocenters. The normalized spacial score (nSPS) is 55.0. The molecule has 0 aromatic heterocycles. The SMILES string of the molecule is C[C@@H]1O[C@@H](O[C@H]2[C@H](OC(=O)[C@]34CCC(C)(C)C[C@H]3C3=CC[C@@H]5[C@@]6(C)CC[C@H](O[C@@H]7O[C@H](C(=O)[O-])[C@@H](O)[C@H](O[C@@H]8OC[C@@H](O)[C@H](O)[C@H]8O)[C@H]7O[C@@H]7O[C@H](CO)[C@H](O)[C@H](O)[C@H]7O)[C@@](C)(C=O)[C@@H]6CC[C@@]5(C)[C@]3(C)C[C@H]4O)O[C@H](C)[C@H](O)[C@@H]2O)[C@H](O)[C@H](O)[C@H]1O. The Balaban J connectivity index is 0.944. The highest BCUT2D eigenvalue weighted by Gasteiger charge is 2.73. The van der Waals surface area contributed by atoms with E-state index in [2.05, 4.69) is 40.7 Å². The molecule has 10 aliphatic rings. The number of carboxylic acids is 1. The van der Waals surface area contributed by atoms with Crippen LogP contribution in [0.1, 0.15) is 113 Å². The van der Waals surface area contributed by atoms with Crippen LogP contribution in [0, 0.1) is 50.2 Å². The van der Waals surface area contributed by atoms with Crippen LogP contribution in [0.5, 0.6) is 0 Å². The van der Waals surface area contributed by atoms with E-state index in [4.69, 9.17) is 47.4 Å². The van der Waals surface area contributed by atoms with E-state index in [-0.39, 0.29) is 30.6 Å². The zero-order chi connectivity index (χ0) is 63.7. The Kier molecular flexibility index (Phi) is 18.9. The van der Waals surface area contributed by atoms with Crippen molar-refractivity contribution >= 4 is 18.2 Å². The van der Waals surface area contributed by atoms with Gasteiger partial charge in [-0.1, -0.05) is 53.2 Å². The summed E-state index contributed by atoms with van der Waals surface area (Å²) in [6.45, 7) is 13.8. The minimum Gasteiger partial charge on any atom is -0.547 e. The molecular weight excluding hydrogens is 1160 g/mol. The molecular formula is C59H91O28-. The average Bonchev–Trinajstić information content (AvgIpc) is 0.711. The fourth-order valence-corrected chi connectivity index (χ4v) is 17.5. The van der Waals surface area contributed by atoms with Gasteiger partial charge >= 0.3 is 5.97 Å². The van der Waals surface area contributed by atoms with Crippen molar-refractivity contribution in [3.63, 3.8) is 0 Å². The van der Waals surface area contributed by atoms with Gasteiger partial charge < -0.3 is 134 Å². The van der Waals surface area contributed by atoms with Crippen LogP contribution in [0.3, 0.4) is 0 Å². The average molecular weight is 1250 g/mol. The summed E-state index contributed by atoms with van der Waals surface area (Å²) in [5.41, 5.74) is -4.38. The zero-order valence-corrected chi connectivity index (χ0v) is 50.2. The molecule has 0 spiro atoms.